The smallest absolute Gasteiger partial charge is 0.338 e. The van der Waals surface area contributed by atoms with E-state index in [1.165, 1.54) is 4.90 Å². The van der Waals surface area contributed by atoms with Crippen molar-refractivity contribution in [2.45, 2.75) is 82.5 Å². The molecule has 1 aromatic carbocycles. The molecule has 4 rings (SSSR count). The minimum atomic E-state index is -1.31. The molecular formula is C31H39N5O6. The van der Waals surface area contributed by atoms with E-state index >= 15 is 0 Å². The van der Waals surface area contributed by atoms with Crippen LogP contribution in [-0.2, 0) is 30.3 Å². The van der Waals surface area contributed by atoms with Gasteiger partial charge >= 0.3 is 5.97 Å². The second-order valence-electron chi connectivity index (χ2n) is 11.0. The lowest BCUT2D eigenvalue weighted by Gasteiger charge is -2.35. The van der Waals surface area contributed by atoms with Crippen LogP contribution in [0.2, 0.25) is 0 Å². The van der Waals surface area contributed by atoms with Crippen molar-refractivity contribution in [3.8, 4) is 0 Å². The molecule has 0 radical (unpaired) electrons. The van der Waals surface area contributed by atoms with Crippen LogP contribution in [0.5, 0.6) is 0 Å². The van der Waals surface area contributed by atoms with Gasteiger partial charge in [-0.2, -0.15) is 0 Å². The van der Waals surface area contributed by atoms with E-state index in [4.69, 9.17) is 4.74 Å². The standard InChI is InChI=1S/C31H39N5O6/c1-3-31(2)30(41)34-24(20-21-14-16-32-17-15-21)28(39)36-18-9-13-25(36)27(38)33-23(26(37)35-31)12-7-8-19-42-29(40)22-10-5-4-6-11-22/h4-6,10-11,14-17,23-25H,3,7-9,12-13,18-20H2,1-2H3,(H,33,38)(H,34,41)(H,35,37)/t23-,24-,25+,31-/m0/s1. The molecule has 2 fully saturated rings. The van der Waals surface area contributed by atoms with E-state index in [0.717, 1.165) is 5.56 Å². The van der Waals surface area contributed by atoms with Crippen molar-refractivity contribution < 1.29 is 28.7 Å². The molecule has 2 aliphatic rings. The van der Waals surface area contributed by atoms with Crippen LogP contribution in [0, 0.1) is 0 Å². The van der Waals surface area contributed by atoms with Crippen LogP contribution in [0.1, 0.15) is 68.3 Å². The third-order valence-electron chi connectivity index (χ3n) is 8.00. The maximum Gasteiger partial charge on any atom is 0.338 e. The predicted molar refractivity (Wildman–Crippen MR) is 154 cm³/mol. The molecule has 224 valence electrons. The van der Waals surface area contributed by atoms with Gasteiger partial charge in [0.15, 0.2) is 0 Å². The van der Waals surface area contributed by atoms with Gasteiger partial charge in [0.05, 0.1) is 12.2 Å². The summed E-state index contributed by atoms with van der Waals surface area (Å²) in [6.07, 6.45) is 6.06. The summed E-state index contributed by atoms with van der Waals surface area (Å²) in [5.74, 6) is -2.11. The number of ether oxygens (including phenoxy) is 1. The van der Waals surface area contributed by atoms with E-state index in [2.05, 4.69) is 20.9 Å². The maximum atomic E-state index is 13.8. The molecular weight excluding hydrogens is 538 g/mol. The molecule has 42 heavy (non-hydrogen) atoms. The van der Waals surface area contributed by atoms with Gasteiger partial charge in [-0.25, -0.2) is 4.79 Å². The number of esters is 1. The zero-order valence-electron chi connectivity index (χ0n) is 24.1. The number of nitrogens with zero attached hydrogens (tertiary/aromatic N) is 2. The van der Waals surface area contributed by atoms with Gasteiger partial charge in [0, 0.05) is 25.4 Å². The SMILES string of the molecule is CC[C@]1(C)NC(=O)[C@H](CCCCOC(=O)c2ccccc2)NC(=O)[C@H]2CCCN2C(=O)[C@H](Cc2ccncc2)NC1=O. The third-order valence-corrected chi connectivity index (χ3v) is 8.00. The number of hydrogen-bond acceptors (Lipinski definition) is 7. The Balaban J connectivity index is 1.47. The van der Waals surface area contributed by atoms with Crippen LogP contribution in [0.3, 0.4) is 0 Å². The van der Waals surface area contributed by atoms with E-state index < -0.39 is 47.4 Å². The summed E-state index contributed by atoms with van der Waals surface area (Å²) < 4.78 is 5.34. The number of unbranched alkanes of at least 4 members (excludes halogenated alkanes) is 1. The van der Waals surface area contributed by atoms with E-state index in [1.807, 2.05) is 6.07 Å². The van der Waals surface area contributed by atoms with Crippen LogP contribution in [0.15, 0.2) is 54.9 Å². The average molecular weight is 578 g/mol. The van der Waals surface area contributed by atoms with Crippen LogP contribution in [-0.4, -0.2) is 76.3 Å². The summed E-state index contributed by atoms with van der Waals surface area (Å²) in [5, 5.41) is 8.56. The minimum Gasteiger partial charge on any atom is -0.462 e. The molecule has 0 spiro atoms. The largest absolute Gasteiger partial charge is 0.462 e. The van der Waals surface area contributed by atoms with Crippen molar-refractivity contribution >= 4 is 29.6 Å². The Morgan fingerprint density at radius 1 is 1.00 bits per heavy atom. The van der Waals surface area contributed by atoms with E-state index in [-0.39, 0.29) is 31.8 Å². The molecule has 3 heterocycles. The number of nitrogens with one attached hydrogen (secondary N) is 3. The zero-order valence-corrected chi connectivity index (χ0v) is 24.1. The summed E-state index contributed by atoms with van der Waals surface area (Å²) >= 11 is 0. The Morgan fingerprint density at radius 3 is 2.45 bits per heavy atom. The summed E-state index contributed by atoms with van der Waals surface area (Å²) in [6, 6.07) is 9.64. The highest BCUT2D eigenvalue weighted by Crippen LogP contribution is 2.22. The number of hydrogen-bond donors (Lipinski definition) is 3. The molecule has 1 aromatic heterocycles. The number of pyridine rings is 1. The monoisotopic (exact) mass is 577 g/mol. The fourth-order valence-electron chi connectivity index (χ4n) is 5.25. The lowest BCUT2D eigenvalue weighted by molar-refractivity contribution is -0.144. The predicted octanol–water partition coefficient (Wildman–Crippen LogP) is 1.91. The minimum absolute atomic E-state index is 0.162. The van der Waals surface area contributed by atoms with E-state index in [1.54, 1.807) is 62.6 Å². The highest BCUT2D eigenvalue weighted by molar-refractivity contribution is 5.99. The molecule has 2 saturated heterocycles. The second-order valence-corrected chi connectivity index (χ2v) is 11.0. The molecule has 2 aromatic rings. The maximum absolute atomic E-state index is 13.8. The lowest BCUT2D eigenvalue weighted by atomic mass is 9.94. The molecule has 3 N–H and O–H groups in total. The molecule has 11 heteroatoms. The zero-order chi connectivity index (χ0) is 30.1. The second kappa shape index (κ2) is 14.1. The van der Waals surface area contributed by atoms with Crippen molar-refractivity contribution in [2.75, 3.05) is 13.2 Å². The van der Waals surface area contributed by atoms with Gasteiger partial charge in [0.1, 0.15) is 23.7 Å². The first-order chi connectivity index (χ1) is 20.2. The fourth-order valence-corrected chi connectivity index (χ4v) is 5.25. The Hall–Kier alpha value is -4.28. The molecule has 0 aliphatic carbocycles. The number of benzene rings is 1. The molecule has 0 saturated carbocycles. The average Bonchev–Trinajstić information content (AvgIpc) is 3.50. The molecule has 4 amide bonds. The number of amides is 4. The number of carbonyl (C=O) groups excluding carboxylic acids is 5. The molecule has 4 atom stereocenters. The normalized spacial score (nSPS) is 24.9. The molecule has 0 unspecified atom stereocenters. The summed E-state index contributed by atoms with van der Waals surface area (Å²) in [6.45, 7) is 3.93. The van der Waals surface area contributed by atoms with Crippen LogP contribution >= 0.6 is 0 Å². The van der Waals surface area contributed by atoms with Crippen molar-refractivity contribution in [1.29, 1.82) is 0 Å². The first-order valence-corrected chi connectivity index (χ1v) is 14.6. The van der Waals surface area contributed by atoms with Crippen molar-refractivity contribution in [2.24, 2.45) is 0 Å². The highest BCUT2D eigenvalue weighted by atomic mass is 16.5. The first kappa shape index (κ1) is 30.7. The van der Waals surface area contributed by atoms with Gasteiger partial charge < -0.3 is 25.6 Å². The lowest BCUT2D eigenvalue weighted by Crippen LogP contribution is -2.65. The third kappa shape index (κ3) is 7.51. The number of fused-ring (bicyclic) bond motifs is 1. The van der Waals surface area contributed by atoms with Crippen LogP contribution in [0.25, 0.3) is 0 Å². The van der Waals surface area contributed by atoms with E-state index in [9.17, 15) is 24.0 Å². The Labute approximate surface area is 245 Å². The summed E-state index contributed by atoms with van der Waals surface area (Å²) in [7, 11) is 0. The van der Waals surface area contributed by atoms with Gasteiger partial charge in [-0.1, -0.05) is 25.1 Å². The van der Waals surface area contributed by atoms with Gasteiger partial charge in [-0.15, -0.1) is 0 Å². The Bertz CT molecular complexity index is 1270. The molecule has 0 bridgehead atoms. The van der Waals surface area contributed by atoms with Crippen molar-refractivity contribution in [3.05, 3.63) is 66.0 Å². The number of aromatic nitrogens is 1. The van der Waals surface area contributed by atoms with Gasteiger partial charge in [0.2, 0.25) is 23.6 Å². The summed E-state index contributed by atoms with van der Waals surface area (Å²) in [4.78, 5) is 72.0. The quantitative estimate of drug-likeness (QED) is 0.305. The van der Waals surface area contributed by atoms with Crippen molar-refractivity contribution in [3.63, 3.8) is 0 Å². The van der Waals surface area contributed by atoms with Crippen LogP contribution < -0.4 is 16.0 Å². The van der Waals surface area contributed by atoms with Gasteiger partial charge in [0.25, 0.3) is 0 Å². The number of carbonyl (C=O) groups is 5. The van der Waals surface area contributed by atoms with E-state index in [0.29, 0.717) is 37.8 Å². The molecule has 2 aliphatic heterocycles. The van der Waals surface area contributed by atoms with Gasteiger partial charge in [-0.05, 0) is 75.3 Å². The van der Waals surface area contributed by atoms with Crippen molar-refractivity contribution in [1.82, 2.24) is 25.8 Å². The van der Waals surface area contributed by atoms with Crippen LogP contribution in [0.4, 0.5) is 0 Å². The highest BCUT2D eigenvalue weighted by Gasteiger charge is 2.43. The Kier molecular flexibility index (Phi) is 10.3. The van der Waals surface area contributed by atoms with Gasteiger partial charge in [-0.3, -0.25) is 24.2 Å². The number of rotatable bonds is 9. The Morgan fingerprint density at radius 2 is 1.74 bits per heavy atom. The first-order valence-electron chi connectivity index (χ1n) is 14.6. The fraction of sp³-hybridized carbons (Fsp3) is 0.484. The summed E-state index contributed by atoms with van der Waals surface area (Å²) in [5.41, 5.74) is -0.0435. The molecule has 11 nitrogen and oxygen atoms in total. The topological polar surface area (TPSA) is 147 Å².